The topological polar surface area (TPSA) is 58.6 Å². The molecule has 0 saturated carbocycles. The highest BCUT2D eigenvalue weighted by Gasteiger charge is 2.24. The van der Waals surface area contributed by atoms with E-state index in [-0.39, 0.29) is 17.7 Å². The van der Waals surface area contributed by atoms with Crippen LogP contribution in [0.25, 0.3) is 0 Å². The quantitative estimate of drug-likeness (QED) is 0.907. The summed E-state index contributed by atoms with van der Waals surface area (Å²) in [7, 11) is 0. The van der Waals surface area contributed by atoms with Gasteiger partial charge in [0.05, 0.1) is 6.61 Å². The van der Waals surface area contributed by atoms with E-state index in [4.69, 9.17) is 4.74 Å². The standard InChI is InChI=1S/C22H24N2O3/c25-21-6-3-12-24(21)19-9-7-16(8-10-19)15-23-22(26)18-11-13-27-20-5-2-1-4-17(20)14-18/h1-2,4-5,7-10,18H,3,6,11-15H2,(H,23,26)/t18-/m1/s1. The molecule has 0 unspecified atom stereocenters. The van der Waals surface area contributed by atoms with Crippen LogP contribution in [0.5, 0.6) is 5.75 Å². The second kappa shape index (κ2) is 7.82. The molecule has 1 N–H and O–H groups in total. The van der Waals surface area contributed by atoms with E-state index in [0.29, 0.717) is 26.0 Å². The smallest absolute Gasteiger partial charge is 0.227 e. The number of carbonyl (C=O) groups is 2. The van der Waals surface area contributed by atoms with E-state index in [1.54, 1.807) is 0 Å². The molecule has 0 aromatic heterocycles. The average Bonchev–Trinajstić information content (AvgIpc) is 3.00. The van der Waals surface area contributed by atoms with E-state index in [2.05, 4.69) is 5.32 Å². The van der Waals surface area contributed by atoms with Crippen LogP contribution >= 0.6 is 0 Å². The van der Waals surface area contributed by atoms with Crippen molar-refractivity contribution in [2.75, 3.05) is 18.1 Å². The van der Waals surface area contributed by atoms with Gasteiger partial charge in [-0.15, -0.1) is 0 Å². The molecule has 27 heavy (non-hydrogen) atoms. The summed E-state index contributed by atoms with van der Waals surface area (Å²) in [6.07, 6.45) is 2.98. The number of anilines is 1. The van der Waals surface area contributed by atoms with Crippen molar-refractivity contribution >= 4 is 17.5 Å². The number of carbonyl (C=O) groups excluding carboxylic acids is 2. The first-order valence-corrected chi connectivity index (χ1v) is 9.58. The minimum atomic E-state index is -0.0739. The molecular formula is C22H24N2O3. The molecule has 1 atom stereocenters. The molecule has 5 heteroatoms. The average molecular weight is 364 g/mol. The molecule has 0 radical (unpaired) electrons. The Morgan fingerprint density at radius 1 is 1.15 bits per heavy atom. The maximum Gasteiger partial charge on any atom is 0.227 e. The van der Waals surface area contributed by atoms with Crippen LogP contribution in [0.4, 0.5) is 5.69 Å². The SMILES string of the molecule is O=C(NCc1ccc(N2CCCC2=O)cc1)[C@@H]1CCOc2ccccc2C1. The van der Waals surface area contributed by atoms with E-state index < -0.39 is 0 Å². The number of nitrogens with zero attached hydrogens (tertiary/aromatic N) is 1. The third-order valence-electron chi connectivity index (χ3n) is 5.32. The molecule has 2 aliphatic heterocycles. The summed E-state index contributed by atoms with van der Waals surface area (Å²) in [5, 5.41) is 3.05. The van der Waals surface area contributed by atoms with E-state index >= 15 is 0 Å². The minimum absolute atomic E-state index is 0.0640. The lowest BCUT2D eigenvalue weighted by Gasteiger charge is -2.17. The predicted octanol–water partition coefficient (Wildman–Crippen LogP) is 3.07. The summed E-state index contributed by atoms with van der Waals surface area (Å²) >= 11 is 0. The number of nitrogens with one attached hydrogen (secondary N) is 1. The summed E-state index contributed by atoms with van der Waals surface area (Å²) in [5.41, 5.74) is 3.06. The lowest BCUT2D eigenvalue weighted by atomic mass is 9.96. The van der Waals surface area contributed by atoms with Gasteiger partial charge in [0.15, 0.2) is 0 Å². The van der Waals surface area contributed by atoms with Gasteiger partial charge in [0, 0.05) is 31.1 Å². The first kappa shape index (κ1) is 17.6. The monoisotopic (exact) mass is 364 g/mol. The molecule has 0 bridgehead atoms. The van der Waals surface area contributed by atoms with Crippen molar-refractivity contribution < 1.29 is 14.3 Å². The van der Waals surface area contributed by atoms with Crippen LogP contribution in [0.2, 0.25) is 0 Å². The van der Waals surface area contributed by atoms with Crippen LogP contribution in [0.3, 0.4) is 0 Å². The fourth-order valence-corrected chi connectivity index (χ4v) is 3.76. The predicted molar refractivity (Wildman–Crippen MR) is 104 cm³/mol. The molecular weight excluding hydrogens is 340 g/mol. The Hall–Kier alpha value is -2.82. The highest BCUT2D eigenvalue weighted by Crippen LogP contribution is 2.27. The maximum absolute atomic E-state index is 12.6. The Morgan fingerprint density at radius 2 is 1.96 bits per heavy atom. The Balaban J connectivity index is 1.34. The number of hydrogen-bond donors (Lipinski definition) is 1. The number of hydrogen-bond acceptors (Lipinski definition) is 3. The third-order valence-corrected chi connectivity index (χ3v) is 5.32. The zero-order valence-corrected chi connectivity index (χ0v) is 15.3. The van der Waals surface area contributed by atoms with Crippen LogP contribution in [0, 0.1) is 5.92 Å². The molecule has 5 nitrogen and oxygen atoms in total. The van der Waals surface area contributed by atoms with Gasteiger partial charge in [-0.1, -0.05) is 30.3 Å². The Morgan fingerprint density at radius 3 is 2.74 bits per heavy atom. The third kappa shape index (κ3) is 3.97. The molecule has 2 aromatic carbocycles. The fraction of sp³-hybridized carbons (Fsp3) is 0.364. The lowest BCUT2D eigenvalue weighted by molar-refractivity contribution is -0.125. The Bertz CT molecular complexity index is 832. The molecule has 2 aromatic rings. The van der Waals surface area contributed by atoms with Gasteiger partial charge in [-0.3, -0.25) is 9.59 Å². The van der Waals surface area contributed by atoms with E-state index in [9.17, 15) is 9.59 Å². The number of ether oxygens (including phenoxy) is 1. The van der Waals surface area contributed by atoms with E-state index in [1.807, 2.05) is 53.4 Å². The van der Waals surface area contributed by atoms with Gasteiger partial charge in [0.25, 0.3) is 0 Å². The van der Waals surface area contributed by atoms with Crippen LogP contribution in [0.15, 0.2) is 48.5 Å². The van der Waals surface area contributed by atoms with Crippen molar-refractivity contribution in [2.45, 2.75) is 32.2 Å². The summed E-state index contributed by atoms with van der Waals surface area (Å²) < 4.78 is 5.75. The normalized spacial score (nSPS) is 19.2. The van der Waals surface area contributed by atoms with Gasteiger partial charge < -0.3 is 15.0 Å². The molecule has 1 fully saturated rings. The molecule has 140 valence electrons. The number of amides is 2. The molecule has 0 aliphatic carbocycles. The highest BCUT2D eigenvalue weighted by molar-refractivity contribution is 5.95. The van der Waals surface area contributed by atoms with Gasteiger partial charge in [-0.05, 0) is 48.6 Å². The Labute approximate surface area is 159 Å². The molecule has 2 aliphatic rings. The van der Waals surface area contributed by atoms with Crippen LogP contribution in [0.1, 0.15) is 30.4 Å². The van der Waals surface area contributed by atoms with E-state index in [1.165, 1.54) is 0 Å². The molecule has 4 rings (SSSR count). The largest absolute Gasteiger partial charge is 0.493 e. The summed E-state index contributed by atoms with van der Waals surface area (Å²) in [6.45, 7) is 1.85. The van der Waals surface area contributed by atoms with Crippen LogP contribution < -0.4 is 15.0 Å². The second-order valence-electron chi connectivity index (χ2n) is 7.18. The van der Waals surface area contributed by atoms with Crippen LogP contribution in [-0.4, -0.2) is 25.0 Å². The first-order chi connectivity index (χ1) is 13.2. The van der Waals surface area contributed by atoms with Gasteiger partial charge in [-0.2, -0.15) is 0 Å². The summed E-state index contributed by atoms with van der Waals surface area (Å²) in [6, 6.07) is 15.8. The summed E-state index contributed by atoms with van der Waals surface area (Å²) in [4.78, 5) is 26.3. The minimum Gasteiger partial charge on any atom is -0.493 e. The highest BCUT2D eigenvalue weighted by atomic mass is 16.5. The van der Waals surface area contributed by atoms with Crippen molar-refractivity contribution in [3.8, 4) is 5.75 Å². The fourth-order valence-electron chi connectivity index (χ4n) is 3.76. The van der Waals surface area contributed by atoms with Crippen molar-refractivity contribution in [1.29, 1.82) is 0 Å². The van der Waals surface area contributed by atoms with Gasteiger partial charge in [-0.25, -0.2) is 0 Å². The van der Waals surface area contributed by atoms with Gasteiger partial charge >= 0.3 is 0 Å². The number of fused-ring (bicyclic) bond motifs is 1. The van der Waals surface area contributed by atoms with Crippen molar-refractivity contribution in [2.24, 2.45) is 5.92 Å². The number of benzene rings is 2. The zero-order chi connectivity index (χ0) is 18.6. The van der Waals surface area contributed by atoms with Gasteiger partial charge in [0.2, 0.25) is 11.8 Å². The van der Waals surface area contributed by atoms with Gasteiger partial charge in [0.1, 0.15) is 5.75 Å². The molecule has 2 amide bonds. The second-order valence-corrected chi connectivity index (χ2v) is 7.18. The van der Waals surface area contributed by atoms with Crippen molar-refractivity contribution in [1.82, 2.24) is 5.32 Å². The van der Waals surface area contributed by atoms with E-state index in [0.717, 1.165) is 42.0 Å². The maximum atomic E-state index is 12.6. The molecule has 1 saturated heterocycles. The Kier molecular flexibility index (Phi) is 5.10. The zero-order valence-electron chi connectivity index (χ0n) is 15.3. The number of para-hydroxylation sites is 1. The van der Waals surface area contributed by atoms with Crippen molar-refractivity contribution in [3.05, 3.63) is 59.7 Å². The molecule has 2 heterocycles. The molecule has 0 spiro atoms. The summed E-state index contributed by atoms with van der Waals surface area (Å²) in [5.74, 6) is 1.07. The first-order valence-electron chi connectivity index (χ1n) is 9.58. The lowest BCUT2D eigenvalue weighted by Crippen LogP contribution is -2.31. The number of rotatable bonds is 4. The van der Waals surface area contributed by atoms with Crippen molar-refractivity contribution in [3.63, 3.8) is 0 Å². The van der Waals surface area contributed by atoms with Crippen LogP contribution in [-0.2, 0) is 22.6 Å².